The Bertz CT molecular complexity index is 1890. The molecule has 0 heterocycles. The van der Waals surface area contributed by atoms with Crippen molar-refractivity contribution < 1.29 is 128 Å². The molecule has 4 atom stereocenters. The zero-order chi connectivity index (χ0) is 49.1. The predicted molar refractivity (Wildman–Crippen MR) is 282 cm³/mol. The molecule has 0 saturated carbocycles. The minimum Gasteiger partial charge on any atom is -1.00 e. The molecular formula is C52H72Cl8O8Pd2S2. The Hall–Kier alpha value is -0.375. The van der Waals surface area contributed by atoms with Gasteiger partial charge in [0.25, 0.3) is 0 Å². The van der Waals surface area contributed by atoms with Gasteiger partial charge in [-0.05, 0) is 62.5 Å². The van der Waals surface area contributed by atoms with Gasteiger partial charge in [0, 0.05) is 80.3 Å². The molecule has 0 unspecified atom stereocenters. The van der Waals surface area contributed by atoms with Crippen LogP contribution in [0.25, 0.3) is 0 Å². The molecule has 4 aromatic carbocycles. The van der Waals surface area contributed by atoms with Gasteiger partial charge in [-0.3, -0.25) is 0 Å². The summed E-state index contributed by atoms with van der Waals surface area (Å²) in [5.41, 5.74) is 8.73. The molecule has 5 rings (SSSR count). The van der Waals surface area contributed by atoms with Gasteiger partial charge in [0.15, 0.2) is 0 Å². The summed E-state index contributed by atoms with van der Waals surface area (Å²) in [6.45, 7) is 8.97. The van der Waals surface area contributed by atoms with Gasteiger partial charge in [0.2, 0.25) is 0 Å². The van der Waals surface area contributed by atoms with Gasteiger partial charge in [-0.25, -0.2) is 0 Å². The second-order valence-corrected chi connectivity index (χ2v) is 18.8. The van der Waals surface area contributed by atoms with Crippen LogP contribution < -0.4 is 87.5 Å². The summed E-state index contributed by atoms with van der Waals surface area (Å²) in [6, 6.07) is 13.6. The number of thioether (sulfide) groups is 2. The molecule has 1 aliphatic rings. The van der Waals surface area contributed by atoms with E-state index < -0.39 is 0 Å². The summed E-state index contributed by atoms with van der Waals surface area (Å²) in [6.07, 6.45) is 11.4. The van der Waals surface area contributed by atoms with Crippen LogP contribution in [0.2, 0.25) is 0 Å². The molecule has 4 aromatic rings. The van der Waals surface area contributed by atoms with Gasteiger partial charge in [0.1, 0.15) is 46.0 Å². The van der Waals surface area contributed by atoms with Gasteiger partial charge < -0.3 is 87.5 Å². The summed E-state index contributed by atoms with van der Waals surface area (Å²) in [7, 11) is 14.1. The fourth-order valence-electron chi connectivity index (χ4n) is 9.63. The number of fused-ring (bicyclic) bond motifs is 8. The SMILES string of the molecule is CCC[C@@H]1c2cc(c(OC)cc2OC)[C@H](CCC)c2cc(c(OC)c(SC)c2OC)[C@H](CCC)c2cc(c(OC)cc2OC)[C@H](CCC)c2cc1c(OC)c(SC)c2OC.ClCCl.ClCCl.[Cl-].[Cl-].[Cl-].[Cl-].[Pd+2].[Pd+2]. The number of methoxy groups -OCH3 is 8. The van der Waals surface area contributed by atoms with E-state index in [0.29, 0.717) is 0 Å². The molecule has 0 radical (unpaired) electrons. The Morgan fingerprint density at radius 1 is 0.347 bits per heavy atom. The van der Waals surface area contributed by atoms with Crippen LogP contribution in [0.3, 0.4) is 0 Å². The summed E-state index contributed by atoms with van der Waals surface area (Å²) < 4.78 is 51.0. The third-order valence-electron chi connectivity index (χ3n) is 12.2. The Morgan fingerprint density at radius 3 is 0.667 bits per heavy atom. The van der Waals surface area contributed by atoms with E-state index in [0.717, 1.165) is 152 Å². The quantitative estimate of drug-likeness (QED) is 0.0828. The average molecular weight is 1390 g/mol. The van der Waals surface area contributed by atoms with Crippen molar-refractivity contribution in [2.24, 2.45) is 0 Å². The molecule has 0 aliphatic heterocycles. The zero-order valence-corrected chi connectivity index (χ0v) is 54.4. The maximum atomic E-state index is 6.45. The summed E-state index contributed by atoms with van der Waals surface area (Å²) >= 11 is 22.4. The van der Waals surface area contributed by atoms with E-state index in [1.165, 1.54) is 0 Å². The number of rotatable bonds is 18. The fourth-order valence-corrected chi connectivity index (χ4v) is 11.2. The molecule has 0 amide bonds. The van der Waals surface area contributed by atoms with Gasteiger partial charge in [-0.2, -0.15) is 0 Å². The first-order valence-corrected chi connectivity index (χ1v) is 27.0. The maximum Gasteiger partial charge on any atom is 2.00 e. The van der Waals surface area contributed by atoms with Crippen molar-refractivity contribution in [2.75, 3.05) is 80.1 Å². The standard InChI is InChI=1S/C50H68O8S2.2CH2Cl2.4ClH.2Pd/c1-15-19-29-33-23-34(42(52-6)27-41(33)51-5)30(20-16-2)39-26-40(48(58-12)50(60-14)47(39)57-11)32(22-18-4)36-24-35(43(53-7)28-44(36)54-8)31(21-17-3)38-25-37(29)45(55-9)49(59-13)46(38)56-10;2*2-1-3;;;;;;/h23-32H,15-22H2,1-14H3;2*1H2;4*1H;;/q;;;;;;;2*+2/p-4/t29-,30+,31+,32-;;;;;;;;. The minimum atomic E-state index is -0.0880. The summed E-state index contributed by atoms with van der Waals surface area (Å²) in [4.78, 5) is 1.94. The fraction of sp³-hybridized carbons (Fsp3) is 0.538. The Balaban J connectivity index is -0.00000183. The molecule has 0 spiro atoms. The maximum absolute atomic E-state index is 6.45. The molecular weight excluding hydrogens is 1310 g/mol. The molecule has 20 heteroatoms. The Morgan fingerprint density at radius 2 is 0.528 bits per heavy atom. The number of alkyl halides is 4. The molecule has 0 aromatic heterocycles. The molecule has 0 fully saturated rings. The van der Waals surface area contributed by atoms with E-state index in [-0.39, 0.29) is 125 Å². The third kappa shape index (κ3) is 17.8. The van der Waals surface area contributed by atoms with Crippen LogP contribution >= 0.6 is 69.9 Å². The van der Waals surface area contributed by atoms with Crippen molar-refractivity contribution in [1.82, 2.24) is 0 Å². The topological polar surface area (TPSA) is 73.8 Å². The molecule has 0 saturated heterocycles. The van der Waals surface area contributed by atoms with Gasteiger partial charge in [0.05, 0.1) is 77.3 Å². The van der Waals surface area contributed by atoms with Crippen LogP contribution in [0.5, 0.6) is 46.0 Å². The van der Waals surface area contributed by atoms with E-state index in [2.05, 4.69) is 76.6 Å². The number of halogens is 8. The molecule has 416 valence electrons. The van der Waals surface area contributed by atoms with E-state index in [4.69, 9.17) is 84.3 Å². The van der Waals surface area contributed by atoms with Crippen molar-refractivity contribution in [3.05, 3.63) is 80.9 Å². The molecule has 8 nitrogen and oxygen atoms in total. The van der Waals surface area contributed by atoms with Crippen LogP contribution in [0.1, 0.15) is 147 Å². The van der Waals surface area contributed by atoms with Gasteiger partial charge in [-0.15, -0.1) is 69.9 Å². The van der Waals surface area contributed by atoms with Crippen molar-refractivity contribution in [1.29, 1.82) is 0 Å². The van der Waals surface area contributed by atoms with Crippen molar-refractivity contribution in [2.45, 2.75) is 113 Å². The predicted octanol–water partition coefficient (Wildman–Crippen LogP) is 4.09. The second kappa shape index (κ2) is 40.8. The van der Waals surface area contributed by atoms with E-state index in [1.807, 2.05) is 0 Å². The van der Waals surface area contributed by atoms with Crippen LogP contribution in [0.4, 0.5) is 0 Å². The second-order valence-electron chi connectivity index (χ2n) is 15.5. The van der Waals surface area contributed by atoms with Gasteiger partial charge in [-0.1, -0.05) is 53.4 Å². The average Bonchev–Trinajstić information content (AvgIpc) is 3.33. The van der Waals surface area contributed by atoms with Crippen LogP contribution in [0, 0.1) is 0 Å². The molecule has 1 aliphatic carbocycles. The van der Waals surface area contributed by atoms with Crippen molar-refractivity contribution >= 4 is 69.9 Å². The monoisotopic (exact) mass is 1380 g/mol. The van der Waals surface area contributed by atoms with E-state index >= 15 is 0 Å². The van der Waals surface area contributed by atoms with E-state index in [9.17, 15) is 0 Å². The largest absolute Gasteiger partial charge is 2.00 e. The first-order chi connectivity index (χ1) is 32.0. The van der Waals surface area contributed by atoms with Crippen molar-refractivity contribution in [3.8, 4) is 46.0 Å². The van der Waals surface area contributed by atoms with E-state index in [1.54, 1.807) is 80.4 Å². The Labute approximate surface area is 512 Å². The van der Waals surface area contributed by atoms with Crippen LogP contribution in [0.15, 0.2) is 46.2 Å². The summed E-state index contributed by atoms with van der Waals surface area (Å²) in [5, 5.41) is 0.389. The first-order valence-electron chi connectivity index (χ1n) is 22.4. The minimum absolute atomic E-state index is 0. The van der Waals surface area contributed by atoms with Crippen LogP contribution in [-0.2, 0) is 40.8 Å². The number of benzene rings is 4. The smallest absolute Gasteiger partial charge is 1.00 e. The molecule has 0 N–H and O–H groups in total. The zero-order valence-electron chi connectivity index (χ0n) is 43.6. The number of hydrogen-bond donors (Lipinski definition) is 0. The van der Waals surface area contributed by atoms with Crippen molar-refractivity contribution in [3.63, 3.8) is 0 Å². The van der Waals surface area contributed by atoms with Gasteiger partial charge >= 0.3 is 40.8 Å². The molecule has 8 bridgehead atoms. The number of ether oxygens (including phenoxy) is 8. The normalized spacial score (nSPS) is 14.8. The first kappa shape index (κ1) is 78.1. The van der Waals surface area contributed by atoms with Crippen LogP contribution in [-0.4, -0.2) is 80.1 Å². The summed E-state index contributed by atoms with van der Waals surface area (Å²) in [5.74, 6) is 6.02. The molecule has 72 heavy (non-hydrogen) atoms. The third-order valence-corrected chi connectivity index (χ3v) is 13.8. The number of hydrogen-bond acceptors (Lipinski definition) is 10. The Kier molecular flexibility index (Phi) is 44.2.